The van der Waals surface area contributed by atoms with E-state index in [1.165, 1.54) is 37.4 Å². The molecular weight excluding hydrogens is 485 g/mol. The van der Waals surface area contributed by atoms with Gasteiger partial charge in [0.05, 0.1) is 22.8 Å². The monoisotopic (exact) mass is 513 g/mol. The summed E-state index contributed by atoms with van der Waals surface area (Å²) in [6.07, 6.45) is 7.21. The van der Waals surface area contributed by atoms with Crippen LogP contribution in [0.15, 0.2) is 48.8 Å². The van der Waals surface area contributed by atoms with Gasteiger partial charge in [-0.1, -0.05) is 17.7 Å². The van der Waals surface area contributed by atoms with E-state index in [0.717, 1.165) is 19.6 Å². The Balaban J connectivity index is 1.59. The van der Waals surface area contributed by atoms with Crippen LogP contribution < -0.4 is 15.4 Å². The zero-order chi connectivity index (χ0) is 25.3. The van der Waals surface area contributed by atoms with E-state index in [0.29, 0.717) is 53.7 Å². The summed E-state index contributed by atoms with van der Waals surface area (Å²) in [7, 11) is 0. The molecule has 1 fully saturated rings. The third-order valence-corrected chi connectivity index (χ3v) is 5.99. The van der Waals surface area contributed by atoms with Gasteiger partial charge in [0.25, 0.3) is 0 Å². The molecule has 1 aliphatic heterocycles. The number of carbonyl (C=O) groups is 1. The first kappa shape index (κ1) is 25.8. The largest absolute Gasteiger partial charge is 0.489 e. The number of nitrogens with zero attached hydrogens (tertiary/aromatic N) is 3. The van der Waals surface area contributed by atoms with Gasteiger partial charge in [0, 0.05) is 36.4 Å². The molecule has 8 nitrogen and oxygen atoms in total. The highest BCUT2D eigenvalue weighted by molar-refractivity contribution is 6.31. The number of rotatable bonds is 11. The first-order chi connectivity index (χ1) is 17.5. The summed E-state index contributed by atoms with van der Waals surface area (Å²) in [5.41, 5.74) is 1.65. The molecule has 0 radical (unpaired) electrons. The molecule has 2 aromatic carbocycles. The number of aromatic nitrogens is 2. The molecule has 36 heavy (non-hydrogen) atoms. The van der Waals surface area contributed by atoms with E-state index in [9.17, 15) is 9.18 Å². The molecular formula is C26H29ClFN5O3. The Hall–Kier alpha value is -3.27. The molecule has 0 saturated carbocycles. The lowest BCUT2D eigenvalue weighted by Gasteiger charge is -2.15. The van der Waals surface area contributed by atoms with Crippen LogP contribution in [0.2, 0.25) is 5.02 Å². The Morgan fingerprint density at radius 1 is 1.19 bits per heavy atom. The molecule has 1 amide bonds. The maximum atomic E-state index is 13.6. The van der Waals surface area contributed by atoms with Crippen LogP contribution >= 0.6 is 11.6 Å². The Kier molecular flexibility index (Phi) is 9.05. The number of halogens is 2. The summed E-state index contributed by atoms with van der Waals surface area (Å²) in [5.74, 6) is 0.174. The third-order valence-electron chi connectivity index (χ3n) is 5.70. The second-order valence-electron chi connectivity index (χ2n) is 8.29. The van der Waals surface area contributed by atoms with Crippen molar-refractivity contribution in [2.45, 2.75) is 19.8 Å². The second kappa shape index (κ2) is 12.6. The number of anilines is 3. The molecule has 1 aromatic heterocycles. The van der Waals surface area contributed by atoms with Crippen molar-refractivity contribution >= 4 is 45.6 Å². The van der Waals surface area contributed by atoms with Gasteiger partial charge in [-0.05, 0) is 57.1 Å². The molecule has 3 aromatic rings. The van der Waals surface area contributed by atoms with E-state index in [2.05, 4.69) is 25.5 Å². The lowest BCUT2D eigenvalue weighted by molar-refractivity contribution is -0.111. The van der Waals surface area contributed by atoms with Gasteiger partial charge in [-0.25, -0.2) is 14.4 Å². The van der Waals surface area contributed by atoms with Crippen molar-refractivity contribution in [3.8, 4) is 5.75 Å². The lowest BCUT2D eigenvalue weighted by atomic mass is 10.1. The number of fused-ring (bicyclic) bond motifs is 1. The van der Waals surface area contributed by atoms with Gasteiger partial charge in [0.15, 0.2) is 0 Å². The van der Waals surface area contributed by atoms with Gasteiger partial charge >= 0.3 is 0 Å². The van der Waals surface area contributed by atoms with Crippen LogP contribution in [-0.4, -0.2) is 60.2 Å². The smallest absolute Gasteiger partial charge is 0.248 e. The van der Waals surface area contributed by atoms with Crippen LogP contribution in [0.4, 0.5) is 21.6 Å². The molecule has 0 atom stereocenters. The number of amides is 1. The van der Waals surface area contributed by atoms with Crippen molar-refractivity contribution in [3.63, 3.8) is 0 Å². The van der Waals surface area contributed by atoms with Crippen LogP contribution in [0, 0.1) is 5.82 Å². The average Bonchev–Trinajstić information content (AvgIpc) is 3.38. The Morgan fingerprint density at radius 3 is 2.81 bits per heavy atom. The summed E-state index contributed by atoms with van der Waals surface area (Å²) < 4.78 is 24.9. The van der Waals surface area contributed by atoms with Crippen LogP contribution in [0.25, 0.3) is 10.9 Å². The molecule has 1 aliphatic rings. The van der Waals surface area contributed by atoms with Crippen LogP contribution in [0.1, 0.15) is 19.8 Å². The first-order valence-corrected chi connectivity index (χ1v) is 12.3. The minimum absolute atomic E-state index is 0.00276. The quantitative estimate of drug-likeness (QED) is 0.270. The predicted octanol–water partition coefficient (Wildman–Crippen LogP) is 5.17. The second-order valence-corrected chi connectivity index (χ2v) is 8.69. The molecule has 0 aliphatic carbocycles. The SMILES string of the molecule is CCOCCOc1cc2ncnc(Nc3ccc(F)c(Cl)c3)c2cc1NC(=O)/C=C/CN1CCCC1. The Bertz CT molecular complexity index is 1230. The van der Waals surface area contributed by atoms with Gasteiger partial charge < -0.3 is 20.1 Å². The molecule has 2 heterocycles. The minimum atomic E-state index is -0.508. The number of ether oxygens (including phenoxy) is 2. The Morgan fingerprint density at radius 2 is 2.03 bits per heavy atom. The minimum Gasteiger partial charge on any atom is -0.489 e. The fourth-order valence-electron chi connectivity index (χ4n) is 3.91. The van der Waals surface area contributed by atoms with Gasteiger partial charge in [0.1, 0.15) is 30.3 Å². The molecule has 4 rings (SSSR count). The van der Waals surface area contributed by atoms with Crippen molar-refractivity contribution in [3.05, 3.63) is 59.7 Å². The molecule has 1 saturated heterocycles. The number of nitrogens with one attached hydrogen (secondary N) is 2. The zero-order valence-corrected chi connectivity index (χ0v) is 20.9. The molecule has 0 spiro atoms. The number of carbonyl (C=O) groups excluding carboxylic acids is 1. The summed E-state index contributed by atoms with van der Waals surface area (Å²) in [4.78, 5) is 23.7. The van der Waals surface area contributed by atoms with E-state index in [1.54, 1.807) is 18.2 Å². The third kappa shape index (κ3) is 6.90. The average molecular weight is 514 g/mol. The summed E-state index contributed by atoms with van der Waals surface area (Å²) >= 11 is 5.92. The fraction of sp³-hybridized carbons (Fsp3) is 0.346. The summed E-state index contributed by atoms with van der Waals surface area (Å²) in [6.45, 7) is 6.09. The summed E-state index contributed by atoms with van der Waals surface area (Å²) in [6, 6.07) is 7.82. The van der Waals surface area contributed by atoms with Gasteiger partial charge in [-0.2, -0.15) is 0 Å². The van der Waals surface area contributed by atoms with Gasteiger partial charge in [-0.15, -0.1) is 0 Å². The van der Waals surface area contributed by atoms with Gasteiger partial charge in [0.2, 0.25) is 5.91 Å². The standard InChI is InChI=1S/C26H29ClFN5O3/c1-2-35-12-13-36-24-16-22-19(15-23(24)32-25(34)6-5-11-33-9-3-4-10-33)26(30-17-29-22)31-18-7-8-21(28)20(27)14-18/h5-8,14-17H,2-4,9-13H2,1H3,(H,32,34)(H,29,30,31)/b6-5+. The maximum absolute atomic E-state index is 13.6. The highest BCUT2D eigenvalue weighted by atomic mass is 35.5. The molecule has 2 N–H and O–H groups in total. The fourth-order valence-corrected chi connectivity index (χ4v) is 4.10. The number of benzene rings is 2. The van der Waals surface area contributed by atoms with Crippen molar-refractivity contribution in [1.29, 1.82) is 0 Å². The van der Waals surface area contributed by atoms with E-state index in [-0.39, 0.29) is 10.9 Å². The van der Waals surface area contributed by atoms with E-state index >= 15 is 0 Å². The topological polar surface area (TPSA) is 88.6 Å². The first-order valence-electron chi connectivity index (χ1n) is 11.9. The highest BCUT2D eigenvalue weighted by Crippen LogP contribution is 2.34. The van der Waals surface area contributed by atoms with Crippen molar-refractivity contribution < 1.29 is 18.7 Å². The van der Waals surface area contributed by atoms with E-state index < -0.39 is 5.82 Å². The van der Waals surface area contributed by atoms with Crippen LogP contribution in [-0.2, 0) is 9.53 Å². The van der Waals surface area contributed by atoms with Crippen molar-refractivity contribution in [1.82, 2.24) is 14.9 Å². The predicted molar refractivity (Wildman–Crippen MR) is 140 cm³/mol. The van der Waals surface area contributed by atoms with E-state index in [1.807, 2.05) is 13.0 Å². The summed E-state index contributed by atoms with van der Waals surface area (Å²) in [5, 5.41) is 6.70. The molecule has 0 unspecified atom stereocenters. The van der Waals surface area contributed by atoms with Crippen LogP contribution in [0.3, 0.4) is 0 Å². The number of hydrogen-bond donors (Lipinski definition) is 2. The maximum Gasteiger partial charge on any atom is 0.248 e. The molecule has 10 heteroatoms. The van der Waals surface area contributed by atoms with E-state index in [4.69, 9.17) is 21.1 Å². The lowest BCUT2D eigenvalue weighted by Crippen LogP contribution is -2.19. The number of likely N-dealkylation sites (tertiary alicyclic amines) is 1. The number of hydrogen-bond acceptors (Lipinski definition) is 7. The van der Waals surface area contributed by atoms with Gasteiger partial charge in [-0.3, -0.25) is 9.69 Å². The zero-order valence-electron chi connectivity index (χ0n) is 20.1. The normalized spacial score (nSPS) is 14.0. The van der Waals surface area contributed by atoms with Crippen molar-refractivity contribution in [2.75, 3.05) is 50.1 Å². The van der Waals surface area contributed by atoms with Crippen LogP contribution in [0.5, 0.6) is 5.75 Å². The molecule has 190 valence electrons. The highest BCUT2D eigenvalue weighted by Gasteiger charge is 2.14. The van der Waals surface area contributed by atoms with Crippen molar-refractivity contribution in [2.24, 2.45) is 0 Å². The Labute approximate surface area is 214 Å². The molecule has 0 bridgehead atoms.